The zero-order valence-corrected chi connectivity index (χ0v) is 9.00. The van der Waals surface area contributed by atoms with Crippen LogP contribution in [0, 0.1) is 23.7 Å². The van der Waals surface area contributed by atoms with Crippen LogP contribution < -0.4 is 5.73 Å². The van der Waals surface area contributed by atoms with Crippen LogP contribution in [0.1, 0.15) is 12.8 Å². The molecule has 1 saturated carbocycles. The Morgan fingerprint density at radius 3 is 3.25 bits per heavy atom. The van der Waals surface area contributed by atoms with Gasteiger partial charge in [-0.2, -0.15) is 0 Å². The molecule has 4 atom stereocenters. The molecule has 2 bridgehead atoms. The van der Waals surface area contributed by atoms with E-state index in [1.807, 2.05) is 0 Å². The van der Waals surface area contributed by atoms with Crippen LogP contribution in [0.25, 0.3) is 0 Å². The number of hydrogen-bond donors (Lipinski definition) is 1. The summed E-state index contributed by atoms with van der Waals surface area (Å²) in [5.74, 6) is 2.90. The summed E-state index contributed by atoms with van der Waals surface area (Å²) in [6, 6.07) is 0. The molecule has 0 aromatic heterocycles. The summed E-state index contributed by atoms with van der Waals surface area (Å²) in [6.45, 7) is 0. The van der Waals surface area contributed by atoms with E-state index < -0.39 is 0 Å². The number of ether oxygens (including phenoxy) is 1. The molecule has 84 valence electrons. The lowest BCUT2D eigenvalue weighted by molar-refractivity contribution is -0.134. The molecule has 16 heavy (non-hydrogen) atoms. The molecule has 0 radical (unpaired) electrons. The molecule has 0 amide bonds. The monoisotopic (exact) mass is 217 g/mol. The lowest BCUT2D eigenvalue weighted by Crippen LogP contribution is -2.19. The van der Waals surface area contributed by atoms with Gasteiger partial charge >= 0.3 is 5.97 Å². The fourth-order valence-corrected chi connectivity index (χ4v) is 3.39. The first kappa shape index (κ1) is 9.70. The number of carbonyl (C=O) groups is 1. The van der Waals surface area contributed by atoms with Gasteiger partial charge in [0.25, 0.3) is 0 Å². The smallest absolute Gasteiger partial charge is 0.337 e. The SMILES string of the molecule is N/C=C/C(=O)OC1=CC2CC1C1CC=CC21. The van der Waals surface area contributed by atoms with Crippen molar-refractivity contribution in [2.24, 2.45) is 29.4 Å². The van der Waals surface area contributed by atoms with E-state index in [0.717, 1.165) is 18.6 Å². The maximum absolute atomic E-state index is 11.3. The van der Waals surface area contributed by atoms with E-state index in [2.05, 4.69) is 18.2 Å². The number of nitrogens with two attached hydrogens (primary N) is 1. The van der Waals surface area contributed by atoms with E-state index in [9.17, 15) is 4.79 Å². The molecule has 0 aromatic rings. The summed E-state index contributed by atoms with van der Waals surface area (Å²) in [5, 5.41) is 0. The maximum Gasteiger partial charge on any atom is 0.337 e. The van der Waals surface area contributed by atoms with Gasteiger partial charge < -0.3 is 10.5 Å². The number of carbonyl (C=O) groups excluding carboxylic acids is 1. The number of esters is 1. The molecule has 0 heterocycles. The molecule has 3 heteroatoms. The van der Waals surface area contributed by atoms with E-state index >= 15 is 0 Å². The third-order valence-corrected chi connectivity index (χ3v) is 3.99. The summed E-state index contributed by atoms with van der Waals surface area (Å²) < 4.78 is 5.32. The van der Waals surface area contributed by atoms with E-state index in [1.165, 1.54) is 12.3 Å². The van der Waals surface area contributed by atoms with Gasteiger partial charge in [0.15, 0.2) is 0 Å². The zero-order valence-electron chi connectivity index (χ0n) is 9.00. The van der Waals surface area contributed by atoms with Crippen LogP contribution in [0.3, 0.4) is 0 Å². The molecule has 3 aliphatic carbocycles. The van der Waals surface area contributed by atoms with Gasteiger partial charge in [-0.05, 0) is 36.7 Å². The predicted octanol–water partition coefficient (Wildman–Crippen LogP) is 1.73. The summed E-state index contributed by atoms with van der Waals surface area (Å²) in [6.07, 6.45) is 11.5. The molecule has 0 spiro atoms. The van der Waals surface area contributed by atoms with Crippen LogP contribution in [0.4, 0.5) is 0 Å². The Morgan fingerprint density at radius 2 is 2.44 bits per heavy atom. The molecular weight excluding hydrogens is 202 g/mol. The minimum absolute atomic E-state index is 0.358. The van der Waals surface area contributed by atoms with Gasteiger partial charge in [-0.1, -0.05) is 12.2 Å². The number of hydrogen-bond acceptors (Lipinski definition) is 3. The Balaban J connectivity index is 1.74. The molecule has 0 saturated heterocycles. The van der Waals surface area contributed by atoms with E-state index in [4.69, 9.17) is 10.5 Å². The highest BCUT2D eigenvalue weighted by Gasteiger charge is 2.49. The van der Waals surface area contributed by atoms with Crippen molar-refractivity contribution in [3.05, 3.63) is 36.3 Å². The third kappa shape index (κ3) is 1.31. The van der Waals surface area contributed by atoms with Gasteiger partial charge in [0.05, 0.1) is 0 Å². The van der Waals surface area contributed by atoms with Crippen molar-refractivity contribution in [1.82, 2.24) is 0 Å². The molecule has 3 nitrogen and oxygen atoms in total. The van der Waals surface area contributed by atoms with Crippen molar-refractivity contribution in [2.75, 3.05) is 0 Å². The highest BCUT2D eigenvalue weighted by Crippen LogP contribution is 2.55. The molecule has 3 rings (SSSR count). The fourth-order valence-electron chi connectivity index (χ4n) is 3.39. The van der Waals surface area contributed by atoms with Crippen molar-refractivity contribution in [1.29, 1.82) is 0 Å². The minimum atomic E-state index is -0.358. The molecule has 3 aliphatic rings. The normalized spacial score (nSPS) is 39.1. The molecule has 0 aromatic carbocycles. The lowest BCUT2D eigenvalue weighted by Gasteiger charge is -2.23. The first-order valence-corrected chi connectivity index (χ1v) is 5.78. The van der Waals surface area contributed by atoms with Crippen LogP contribution in [0.15, 0.2) is 36.3 Å². The highest BCUT2D eigenvalue weighted by molar-refractivity contribution is 5.82. The third-order valence-electron chi connectivity index (χ3n) is 3.99. The Kier molecular flexibility index (Phi) is 2.13. The van der Waals surface area contributed by atoms with E-state index in [1.54, 1.807) is 0 Å². The zero-order chi connectivity index (χ0) is 11.1. The quantitative estimate of drug-likeness (QED) is 0.435. The van der Waals surface area contributed by atoms with Crippen molar-refractivity contribution in [3.8, 4) is 0 Å². The summed E-state index contributed by atoms with van der Waals surface area (Å²) >= 11 is 0. The number of rotatable bonds is 2. The summed E-state index contributed by atoms with van der Waals surface area (Å²) in [4.78, 5) is 11.3. The van der Waals surface area contributed by atoms with Gasteiger partial charge in [0, 0.05) is 18.2 Å². The van der Waals surface area contributed by atoms with Crippen LogP contribution in [-0.2, 0) is 9.53 Å². The van der Waals surface area contributed by atoms with Crippen molar-refractivity contribution >= 4 is 5.97 Å². The fraction of sp³-hybridized carbons (Fsp3) is 0.462. The second-order valence-electron chi connectivity index (χ2n) is 4.76. The predicted molar refractivity (Wildman–Crippen MR) is 59.8 cm³/mol. The molecule has 2 N–H and O–H groups in total. The Labute approximate surface area is 94.6 Å². The van der Waals surface area contributed by atoms with Crippen LogP contribution >= 0.6 is 0 Å². The van der Waals surface area contributed by atoms with E-state index in [0.29, 0.717) is 23.7 Å². The van der Waals surface area contributed by atoms with Crippen molar-refractivity contribution in [2.45, 2.75) is 12.8 Å². The summed E-state index contributed by atoms with van der Waals surface area (Å²) in [5.41, 5.74) is 5.15. The van der Waals surface area contributed by atoms with Gasteiger partial charge in [-0.3, -0.25) is 0 Å². The topological polar surface area (TPSA) is 52.3 Å². The summed E-state index contributed by atoms with van der Waals surface area (Å²) in [7, 11) is 0. The Hall–Kier alpha value is -1.51. The van der Waals surface area contributed by atoms with Gasteiger partial charge in [0.1, 0.15) is 5.76 Å². The molecular formula is C13H15NO2. The van der Waals surface area contributed by atoms with Crippen molar-refractivity contribution in [3.63, 3.8) is 0 Å². The minimum Gasteiger partial charge on any atom is -0.428 e. The van der Waals surface area contributed by atoms with Crippen LogP contribution in [0.2, 0.25) is 0 Å². The average Bonchev–Trinajstić information content (AvgIpc) is 2.86. The molecule has 1 fully saturated rings. The standard InChI is InChI=1S/C13H15NO2/c14-5-4-13(15)16-12-7-8-6-11(12)10-3-1-2-9(8)10/h1-2,4-5,7-11H,3,6,14H2/b5-4+. The lowest BCUT2D eigenvalue weighted by atomic mass is 9.85. The van der Waals surface area contributed by atoms with Crippen LogP contribution in [0.5, 0.6) is 0 Å². The number of fused-ring (bicyclic) bond motifs is 5. The number of allylic oxidation sites excluding steroid dienone is 4. The Morgan fingerprint density at radius 1 is 1.56 bits per heavy atom. The van der Waals surface area contributed by atoms with Gasteiger partial charge in [-0.15, -0.1) is 0 Å². The van der Waals surface area contributed by atoms with Gasteiger partial charge in [0.2, 0.25) is 0 Å². The second kappa shape index (κ2) is 3.51. The Bertz CT molecular complexity index is 408. The maximum atomic E-state index is 11.3. The molecule has 4 unspecified atom stereocenters. The second-order valence-corrected chi connectivity index (χ2v) is 4.76. The van der Waals surface area contributed by atoms with Gasteiger partial charge in [-0.25, -0.2) is 4.79 Å². The van der Waals surface area contributed by atoms with Crippen molar-refractivity contribution < 1.29 is 9.53 Å². The first-order valence-electron chi connectivity index (χ1n) is 5.78. The largest absolute Gasteiger partial charge is 0.428 e. The molecule has 0 aliphatic heterocycles. The van der Waals surface area contributed by atoms with E-state index in [-0.39, 0.29) is 5.97 Å². The highest BCUT2D eigenvalue weighted by atomic mass is 16.5. The first-order chi connectivity index (χ1) is 7.79. The average molecular weight is 217 g/mol. The van der Waals surface area contributed by atoms with Crippen LogP contribution in [-0.4, -0.2) is 5.97 Å².